The van der Waals surface area contributed by atoms with Crippen LogP contribution in [0, 0.1) is 0 Å². The Balaban J connectivity index is 2.00. The Morgan fingerprint density at radius 3 is 2.62 bits per heavy atom. The first kappa shape index (κ1) is 17.3. The molecule has 0 aliphatic carbocycles. The van der Waals surface area contributed by atoms with Crippen LogP contribution < -0.4 is 5.43 Å². The van der Waals surface area contributed by atoms with E-state index < -0.39 is 24.3 Å². The van der Waals surface area contributed by atoms with Gasteiger partial charge in [0.1, 0.15) is 18.0 Å². The molecule has 2 aromatic rings. The van der Waals surface area contributed by atoms with Crippen molar-refractivity contribution in [1.82, 2.24) is 15.2 Å². The van der Waals surface area contributed by atoms with Crippen molar-refractivity contribution in [3.8, 4) is 11.5 Å². The van der Waals surface area contributed by atoms with E-state index in [1.807, 2.05) is 0 Å². The first-order chi connectivity index (χ1) is 11.2. The second kappa shape index (κ2) is 6.60. The molecule has 1 aromatic heterocycles. The van der Waals surface area contributed by atoms with Gasteiger partial charge < -0.3 is 10.2 Å². The zero-order valence-electron chi connectivity index (χ0n) is 12.4. The number of alkyl halides is 3. The van der Waals surface area contributed by atoms with Gasteiger partial charge in [-0.25, -0.2) is 5.43 Å². The number of aromatic nitrogens is 2. The summed E-state index contributed by atoms with van der Waals surface area (Å²) in [7, 11) is 0. The molecule has 24 heavy (non-hydrogen) atoms. The van der Waals surface area contributed by atoms with Gasteiger partial charge >= 0.3 is 6.18 Å². The van der Waals surface area contributed by atoms with Gasteiger partial charge in [0.05, 0.1) is 5.71 Å². The fourth-order valence-corrected chi connectivity index (χ4v) is 1.82. The Kier molecular flexibility index (Phi) is 4.77. The van der Waals surface area contributed by atoms with E-state index in [4.69, 9.17) is 0 Å². The van der Waals surface area contributed by atoms with Gasteiger partial charge in [0, 0.05) is 17.8 Å². The summed E-state index contributed by atoms with van der Waals surface area (Å²) < 4.78 is 38.1. The highest BCUT2D eigenvalue weighted by Crippen LogP contribution is 2.27. The van der Waals surface area contributed by atoms with Gasteiger partial charge in [-0.05, 0) is 25.1 Å². The smallest absolute Gasteiger partial charge is 0.435 e. The van der Waals surface area contributed by atoms with Crippen LogP contribution in [0.15, 0.2) is 35.6 Å². The van der Waals surface area contributed by atoms with E-state index in [1.165, 1.54) is 19.1 Å². The van der Waals surface area contributed by atoms with Crippen molar-refractivity contribution in [2.24, 2.45) is 5.10 Å². The molecule has 0 aliphatic heterocycles. The predicted octanol–water partition coefficient (Wildman–Crippen LogP) is 1.85. The van der Waals surface area contributed by atoms with Crippen molar-refractivity contribution < 1.29 is 28.2 Å². The number of amides is 1. The third-order valence-electron chi connectivity index (χ3n) is 2.96. The highest BCUT2D eigenvalue weighted by Gasteiger charge is 2.33. The highest BCUT2D eigenvalue weighted by molar-refractivity contribution is 6.01. The Bertz CT molecular complexity index is 784. The largest absolute Gasteiger partial charge is 0.508 e. The molecule has 10 heteroatoms. The van der Waals surface area contributed by atoms with E-state index in [0.29, 0.717) is 0 Å². The van der Waals surface area contributed by atoms with Gasteiger partial charge in [0.25, 0.3) is 5.91 Å². The molecule has 2 rings (SSSR count). The molecule has 0 radical (unpaired) electrons. The molecule has 0 aliphatic rings. The summed E-state index contributed by atoms with van der Waals surface area (Å²) in [4.78, 5) is 11.7. The van der Waals surface area contributed by atoms with Crippen LogP contribution in [0.1, 0.15) is 18.2 Å². The molecule has 128 valence electrons. The van der Waals surface area contributed by atoms with E-state index in [0.717, 1.165) is 23.0 Å². The number of carbonyl (C=O) groups excluding carboxylic acids is 1. The van der Waals surface area contributed by atoms with Crippen molar-refractivity contribution in [2.45, 2.75) is 19.6 Å². The molecule has 1 amide bonds. The molecular formula is C14H13F3N4O3. The average Bonchev–Trinajstić information content (AvgIpc) is 2.93. The molecule has 0 unspecified atom stereocenters. The van der Waals surface area contributed by atoms with Crippen LogP contribution in [0.4, 0.5) is 13.2 Å². The minimum absolute atomic E-state index is 0.132. The van der Waals surface area contributed by atoms with Gasteiger partial charge in [-0.2, -0.15) is 23.4 Å². The highest BCUT2D eigenvalue weighted by atomic mass is 19.4. The standard InChI is InChI=1S/C14H13F3N4O3/c1-8(10-3-2-9(22)6-11(10)23)18-19-13(24)7-21-5-4-12(20-21)14(15,16)17/h2-6,22-23H,7H2,1H3,(H,19,24). The fourth-order valence-electron chi connectivity index (χ4n) is 1.82. The summed E-state index contributed by atoms with van der Waals surface area (Å²) in [5, 5.41) is 25.9. The Labute approximate surface area is 134 Å². The lowest BCUT2D eigenvalue weighted by Crippen LogP contribution is -2.24. The predicted molar refractivity (Wildman–Crippen MR) is 77.4 cm³/mol. The first-order valence-corrected chi connectivity index (χ1v) is 6.63. The second-order valence-corrected chi connectivity index (χ2v) is 4.83. The van der Waals surface area contributed by atoms with Crippen molar-refractivity contribution in [2.75, 3.05) is 0 Å². The van der Waals surface area contributed by atoms with E-state index in [-0.39, 0.29) is 22.8 Å². The zero-order chi connectivity index (χ0) is 17.9. The van der Waals surface area contributed by atoms with E-state index >= 15 is 0 Å². The van der Waals surface area contributed by atoms with Gasteiger partial charge in [-0.1, -0.05) is 0 Å². The Morgan fingerprint density at radius 2 is 2.04 bits per heavy atom. The van der Waals surface area contributed by atoms with E-state index in [2.05, 4.69) is 15.6 Å². The lowest BCUT2D eigenvalue weighted by Gasteiger charge is -2.06. The molecule has 0 atom stereocenters. The summed E-state index contributed by atoms with van der Waals surface area (Å²) in [6, 6.07) is 4.60. The van der Waals surface area contributed by atoms with Crippen molar-refractivity contribution in [3.05, 3.63) is 41.7 Å². The number of halogens is 3. The molecule has 0 saturated carbocycles. The third-order valence-corrected chi connectivity index (χ3v) is 2.96. The monoisotopic (exact) mass is 342 g/mol. The first-order valence-electron chi connectivity index (χ1n) is 6.63. The summed E-state index contributed by atoms with van der Waals surface area (Å²) in [6.07, 6.45) is -3.54. The normalized spacial score (nSPS) is 12.2. The average molecular weight is 342 g/mol. The maximum absolute atomic E-state index is 12.4. The number of nitrogens with one attached hydrogen (secondary N) is 1. The van der Waals surface area contributed by atoms with Crippen LogP contribution in [0.3, 0.4) is 0 Å². The number of benzene rings is 1. The van der Waals surface area contributed by atoms with Crippen LogP contribution >= 0.6 is 0 Å². The molecule has 0 spiro atoms. The second-order valence-electron chi connectivity index (χ2n) is 4.83. The number of aromatic hydroxyl groups is 2. The van der Waals surface area contributed by atoms with Crippen LogP contribution in [0.2, 0.25) is 0 Å². The Morgan fingerprint density at radius 1 is 1.33 bits per heavy atom. The van der Waals surface area contributed by atoms with Crippen LogP contribution in [-0.4, -0.2) is 31.6 Å². The number of hydrogen-bond acceptors (Lipinski definition) is 5. The lowest BCUT2D eigenvalue weighted by molar-refractivity contribution is -0.141. The van der Waals surface area contributed by atoms with Crippen LogP contribution in [0.5, 0.6) is 11.5 Å². The minimum atomic E-state index is -4.58. The molecule has 1 heterocycles. The number of phenolic OH excluding ortho intramolecular Hbond substituents is 2. The molecule has 0 bridgehead atoms. The summed E-state index contributed by atoms with van der Waals surface area (Å²) in [5.74, 6) is -1.05. The van der Waals surface area contributed by atoms with Gasteiger partial charge in [0.2, 0.25) is 0 Å². The minimum Gasteiger partial charge on any atom is -0.508 e. The fraction of sp³-hybridized carbons (Fsp3) is 0.214. The molecular weight excluding hydrogens is 329 g/mol. The molecule has 7 nitrogen and oxygen atoms in total. The van der Waals surface area contributed by atoms with Crippen molar-refractivity contribution in [3.63, 3.8) is 0 Å². The van der Waals surface area contributed by atoms with E-state index in [1.54, 1.807) is 0 Å². The lowest BCUT2D eigenvalue weighted by atomic mass is 10.1. The van der Waals surface area contributed by atoms with Crippen LogP contribution in [-0.2, 0) is 17.5 Å². The van der Waals surface area contributed by atoms with Crippen molar-refractivity contribution in [1.29, 1.82) is 0 Å². The number of rotatable bonds is 4. The van der Waals surface area contributed by atoms with E-state index in [9.17, 15) is 28.2 Å². The quantitative estimate of drug-likeness (QED) is 0.583. The summed E-state index contributed by atoms with van der Waals surface area (Å²) in [5.41, 5.74) is 1.59. The van der Waals surface area contributed by atoms with Crippen LogP contribution in [0.25, 0.3) is 0 Å². The molecule has 0 fully saturated rings. The molecule has 1 aromatic carbocycles. The third kappa shape index (κ3) is 4.24. The maximum Gasteiger partial charge on any atom is 0.435 e. The Hall–Kier alpha value is -3.04. The number of carbonyl (C=O) groups is 1. The molecule has 0 saturated heterocycles. The van der Waals surface area contributed by atoms with Crippen molar-refractivity contribution >= 4 is 11.6 Å². The zero-order valence-corrected chi connectivity index (χ0v) is 12.4. The van der Waals surface area contributed by atoms with Gasteiger partial charge in [-0.3, -0.25) is 9.48 Å². The molecule has 3 N–H and O–H groups in total. The van der Waals surface area contributed by atoms with Gasteiger partial charge in [-0.15, -0.1) is 0 Å². The number of hydrogen-bond donors (Lipinski definition) is 3. The number of phenols is 2. The number of hydrazone groups is 1. The summed E-state index contributed by atoms with van der Waals surface area (Å²) in [6.45, 7) is 1.05. The summed E-state index contributed by atoms with van der Waals surface area (Å²) >= 11 is 0. The number of nitrogens with zero attached hydrogens (tertiary/aromatic N) is 3. The topological polar surface area (TPSA) is 99.7 Å². The maximum atomic E-state index is 12.4. The van der Waals surface area contributed by atoms with Gasteiger partial charge in [0.15, 0.2) is 5.69 Å². The SMILES string of the molecule is CC(=NNC(=O)Cn1ccc(C(F)(F)F)n1)c1ccc(O)cc1O.